The summed E-state index contributed by atoms with van der Waals surface area (Å²) in [6.45, 7) is 4.22. The van der Waals surface area contributed by atoms with Gasteiger partial charge in [-0.3, -0.25) is 4.90 Å². The highest BCUT2D eigenvalue weighted by Gasteiger charge is 2.22. The third-order valence-corrected chi connectivity index (χ3v) is 5.55. The van der Waals surface area contributed by atoms with Crippen molar-refractivity contribution >= 4 is 0 Å². The minimum Gasteiger partial charge on any atom is -0.378 e. The number of aliphatic hydroxyl groups is 1. The van der Waals surface area contributed by atoms with E-state index in [1.165, 1.54) is 30.4 Å². The lowest BCUT2D eigenvalue weighted by Gasteiger charge is -2.32. The van der Waals surface area contributed by atoms with Crippen LogP contribution in [0.5, 0.6) is 0 Å². The molecule has 0 saturated carbocycles. The SMILES string of the molecule is CCC(CCC(O)N1CCCCC1)OC(c1ccccc1)c1ccccc1. The summed E-state index contributed by atoms with van der Waals surface area (Å²) in [5, 5.41) is 10.6. The highest BCUT2D eigenvalue weighted by atomic mass is 16.5. The fraction of sp³-hybridized carbons (Fsp3) is 0.500. The largest absolute Gasteiger partial charge is 0.378 e. The molecule has 27 heavy (non-hydrogen) atoms. The van der Waals surface area contributed by atoms with Gasteiger partial charge in [0.05, 0.1) is 6.10 Å². The average molecular weight is 368 g/mol. The molecule has 0 radical (unpaired) electrons. The van der Waals surface area contributed by atoms with Crippen molar-refractivity contribution in [3.05, 3.63) is 71.8 Å². The number of nitrogens with zero attached hydrogens (tertiary/aromatic N) is 1. The lowest BCUT2D eigenvalue weighted by atomic mass is 10.0. The zero-order valence-electron chi connectivity index (χ0n) is 16.5. The molecule has 0 spiro atoms. The van der Waals surface area contributed by atoms with Gasteiger partial charge in [0.1, 0.15) is 12.3 Å². The Bertz CT molecular complexity index is 600. The first-order valence-electron chi connectivity index (χ1n) is 10.5. The molecule has 2 unspecified atom stereocenters. The third kappa shape index (κ3) is 5.90. The van der Waals surface area contributed by atoms with Gasteiger partial charge < -0.3 is 9.84 Å². The molecule has 0 bridgehead atoms. The van der Waals surface area contributed by atoms with Crippen molar-refractivity contribution in [3.63, 3.8) is 0 Å². The van der Waals surface area contributed by atoms with Crippen LogP contribution >= 0.6 is 0 Å². The van der Waals surface area contributed by atoms with E-state index in [4.69, 9.17) is 4.74 Å². The molecule has 1 heterocycles. The minimum absolute atomic E-state index is 0.0653. The molecular weight excluding hydrogens is 334 g/mol. The van der Waals surface area contributed by atoms with Crippen molar-refractivity contribution in [2.45, 2.75) is 63.9 Å². The van der Waals surface area contributed by atoms with Gasteiger partial charge in [-0.05, 0) is 43.2 Å². The van der Waals surface area contributed by atoms with E-state index >= 15 is 0 Å². The van der Waals surface area contributed by atoms with Crippen molar-refractivity contribution in [3.8, 4) is 0 Å². The fourth-order valence-corrected chi connectivity index (χ4v) is 3.90. The summed E-state index contributed by atoms with van der Waals surface area (Å²) < 4.78 is 6.58. The lowest BCUT2D eigenvalue weighted by molar-refractivity contribution is -0.0415. The zero-order chi connectivity index (χ0) is 18.9. The molecule has 2 atom stereocenters. The van der Waals surface area contributed by atoms with Crippen molar-refractivity contribution < 1.29 is 9.84 Å². The van der Waals surface area contributed by atoms with E-state index in [1.54, 1.807) is 0 Å². The summed E-state index contributed by atoms with van der Waals surface area (Å²) in [7, 11) is 0. The zero-order valence-corrected chi connectivity index (χ0v) is 16.5. The second-order valence-electron chi connectivity index (χ2n) is 7.52. The molecule has 3 rings (SSSR count). The first kappa shape index (κ1) is 20.1. The van der Waals surface area contributed by atoms with E-state index in [-0.39, 0.29) is 18.4 Å². The maximum absolute atomic E-state index is 10.6. The Labute approximate surface area is 164 Å². The molecule has 2 aromatic rings. The monoisotopic (exact) mass is 367 g/mol. The molecule has 3 nitrogen and oxygen atoms in total. The van der Waals surface area contributed by atoms with Crippen LogP contribution in [0.15, 0.2) is 60.7 Å². The van der Waals surface area contributed by atoms with Crippen molar-refractivity contribution in [2.24, 2.45) is 0 Å². The summed E-state index contributed by atoms with van der Waals surface area (Å²) in [6, 6.07) is 20.9. The molecule has 1 N–H and O–H groups in total. The van der Waals surface area contributed by atoms with E-state index in [9.17, 15) is 5.11 Å². The molecule has 2 aromatic carbocycles. The van der Waals surface area contributed by atoms with Gasteiger partial charge in [-0.25, -0.2) is 0 Å². The van der Waals surface area contributed by atoms with Crippen LogP contribution in [-0.2, 0) is 4.74 Å². The number of aliphatic hydroxyl groups excluding tert-OH is 1. The normalized spacial score (nSPS) is 17.7. The molecule has 146 valence electrons. The van der Waals surface area contributed by atoms with Crippen LogP contribution in [0.3, 0.4) is 0 Å². The summed E-state index contributed by atoms with van der Waals surface area (Å²) in [4.78, 5) is 2.22. The molecule has 1 aliphatic heterocycles. The van der Waals surface area contributed by atoms with Crippen LogP contribution in [0, 0.1) is 0 Å². The van der Waals surface area contributed by atoms with E-state index in [0.29, 0.717) is 0 Å². The molecule has 0 amide bonds. The standard InChI is InChI=1S/C24H33NO2/c1-2-22(16-17-23(26)25-18-10-5-11-19-25)27-24(20-12-6-3-7-13-20)21-14-8-4-9-15-21/h3-4,6-9,12-15,22-24,26H,2,5,10-11,16-19H2,1H3. The summed E-state index contributed by atoms with van der Waals surface area (Å²) in [6.07, 6.45) is 6.03. The van der Waals surface area contributed by atoms with Gasteiger partial charge in [0.2, 0.25) is 0 Å². The Morgan fingerprint density at radius 1 is 0.852 bits per heavy atom. The molecule has 1 saturated heterocycles. The molecular formula is C24H33NO2. The number of piperidine rings is 1. The van der Waals surface area contributed by atoms with Gasteiger partial charge in [0, 0.05) is 13.1 Å². The van der Waals surface area contributed by atoms with E-state index in [0.717, 1.165) is 32.4 Å². The van der Waals surface area contributed by atoms with E-state index in [2.05, 4.69) is 60.4 Å². The summed E-state index contributed by atoms with van der Waals surface area (Å²) in [5.74, 6) is 0. The molecule has 1 aliphatic rings. The van der Waals surface area contributed by atoms with Gasteiger partial charge in [-0.2, -0.15) is 0 Å². The number of benzene rings is 2. The maximum atomic E-state index is 10.6. The number of ether oxygens (including phenoxy) is 1. The van der Waals surface area contributed by atoms with E-state index < -0.39 is 0 Å². The van der Waals surface area contributed by atoms with E-state index in [1.807, 2.05) is 12.1 Å². The lowest BCUT2D eigenvalue weighted by Crippen LogP contribution is -2.39. The molecule has 0 aliphatic carbocycles. The van der Waals surface area contributed by atoms with Crippen molar-refractivity contribution in [1.29, 1.82) is 0 Å². The topological polar surface area (TPSA) is 32.7 Å². The van der Waals surface area contributed by atoms with Gasteiger partial charge in [-0.1, -0.05) is 74.0 Å². The second-order valence-corrected chi connectivity index (χ2v) is 7.52. The Balaban J connectivity index is 1.64. The van der Waals surface area contributed by atoms with Gasteiger partial charge in [-0.15, -0.1) is 0 Å². The summed E-state index contributed by atoms with van der Waals surface area (Å²) in [5.41, 5.74) is 2.36. The Morgan fingerprint density at radius 2 is 1.41 bits per heavy atom. The third-order valence-electron chi connectivity index (χ3n) is 5.55. The summed E-state index contributed by atoms with van der Waals surface area (Å²) >= 11 is 0. The van der Waals surface area contributed by atoms with Crippen LogP contribution in [0.25, 0.3) is 0 Å². The molecule has 1 fully saturated rings. The first-order chi connectivity index (χ1) is 13.3. The van der Waals surface area contributed by atoms with Crippen LogP contribution in [0.1, 0.15) is 62.7 Å². The highest BCUT2D eigenvalue weighted by molar-refractivity contribution is 5.29. The number of hydrogen-bond donors (Lipinski definition) is 1. The highest BCUT2D eigenvalue weighted by Crippen LogP contribution is 2.29. The quantitative estimate of drug-likeness (QED) is 0.665. The number of hydrogen-bond acceptors (Lipinski definition) is 3. The predicted molar refractivity (Wildman–Crippen MR) is 111 cm³/mol. The Hall–Kier alpha value is -1.68. The molecule has 0 aromatic heterocycles. The fourth-order valence-electron chi connectivity index (χ4n) is 3.90. The van der Waals surface area contributed by atoms with Gasteiger partial charge in [0.15, 0.2) is 0 Å². The number of rotatable bonds is 9. The van der Waals surface area contributed by atoms with Gasteiger partial charge >= 0.3 is 0 Å². The Kier molecular flexibility index (Phi) is 7.88. The molecule has 3 heteroatoms. The first-order valence-corrected chi connectivity index (χ1v) is 10.5. The van der Waals surface area contributed by atoms with Crippen LogP contribution in [0.2, 0.25) is 0 Å². The van der Waals surface area contributed by atoms with Crippen LogP contribution in [0.4, 0.5) is 0 Å². The average Bonchev–Trinajstić information content (AvgIpc) is 2.75. The minimum atomic E-state index is -0.338. The van der Waals surface area contributed by atoms with Gasteiger partial charge in [0.25, 0.3) is 0 Å². The second kappa shape index (κ2) is 10.6. The predicted octanol–water partition coefficient (Wildman–Crippen LogP) is 5.16. The van der Waals surface area contributed by atoms with Crippen LogP contribution in [-0.4, -0.2) is 35.4 Å². The van der Waals surface area contributed by atoms with Crippen molar-refractivity contribution in [2.75, 3.05) is 13.1 Å². The van der Waals surface area contributed by atoms with Crippen LogP contribution < -0.4 is 0 Å². The smallest absolute Gasteiger partial charge is 0.108 e. The maximum Gasteiger partial charge on any atom is 0.108 e. The number of likely N-dealkylation sites (tertiary alicyclic amines) is 1. The van der Waals surface area contributed by atoms with Crippen molar-refractivity contribution in [1.82, 2.24) is 4.90 Å². The Morgan fingerprint density at radius 3 is 1.93 bits per heavy atom.